The first-order chi connectivity index (χ1) is 10.9. The number of carbonyl (C=O) groups excluding carboxylic acids is 1. The maximum Gasteiger partial charge on any atom is 0.324 e. The smallest absolute Gasteiger partial charge is 0.324 e. The molecule has 0 saturated carbocycles. The number of hydrogen-bond donors (Lipinski definition) is 1. The quantitative estimate of drug-likeness (QED) is 0.786. The number of esters is 1. The fourth-order valence-corrected chi connectivity index (χ4v) is 3.26. The zero-order valence-corrected chi connectivity index (χ0v) is 13.6. The van der Waals surface area contributed by atoms with Crippen molar-refractivity contribution < 1.29 is 17.9 Å². The lowest BCUT2D eigenvalue weighted by Gasteiger charge is -2.16. The molecule has 1 heterocycles. The number of nitrogens with one attached hydrogen (secondary N) is 1. The molecular weight excluding hydrogens is 318 g/mol. The lowest BCUT2D eigenvalue weighted by Crippen LogP contribution is -2.43. The highest BCUT2D eigenvalue weighted by molar-refractivity contribution is 7.89. The monoisotopic (exact) mass is 335 g/mol. The fraction of sp³-hybridized carbons (Fsp3) is 0.267. The number of aromatic nitrogens is 2. The Morgan fingerprint density at radius 3 is 2.57 bits per heavy atom. The molecule has 2 aromatic rings. The first-order valence-corrected chi connectivity index (χ1v) is 8.33. The van der Waals surface area contributed by atoms with Crippen molar-refractivity contribution in [2.75, 3.05) is 7.11 Å². The minimum atomic E-state index is -3.86. The van der Waals surface area contributed by atoms with E-state index >= 15 is 0 Å². The van der Waals surface area contributed by atoms with Crippen molar-refractivity contribution in [2.24, 2.45) is 0 Å². The molecule has 8 heteroatoms. The molecule has 0 aliphatic rings. The molecule has 0 aliphatic heterocycles. The van der Waals surface area contributed by atoms with Gasteiger partial charge in [0.15, 0.2) is 0 Å². The van der Waals surface area contributed by atoms with E-state index in [2.05, 4.69) is 19.4 Å². The zero-order valence-electron chi connectivity index (χ0n) is 12.8. The lowest BCUT2D eigenvalue weighted by atomic mass is 10.2. The van der Waals surface area contributed by atoms with Gasteiger partial charge in [0.2, 0.25) is 10.0 Å². The molecule has 0 amide bonds. The van der Waals surface area contributed by atoms with Gasteiger partial charge in [0.05, 0.1) is 12.0 Å². The maximum absolute atomic E-state index is 12.4. The zero-order chi connectivity index (χ0) is 16.9. The Morgan fingerprint density at radius 2 is 1.96 bits per heavy atom. The molecule has 0 radical (unpaired) electrons. The van der Waals surface area contributed by atoms with E-state index in [1.165, 1.54) is 31.6 Å². The van der Waals surface area contributed by atoms with E-state index in [0.717, 1.165) is 5.56 Å². The molecular formula is C15H17N3O4S. The summed E-state index contributed by atoms with van der Waals surface area (Å²) in [5, 5.41) is 0. The number of methoxy groups -OCH3 is 1. The molecule has 2 rings (SSSR count). The second-order valence-electron chi connectivity index (χ2n) is 4.88. The Hall–Kier alpha value is -2.32. The number of rotatable bonds is 6. The van der Waals surface area contributed by atoms with E-state index in [-0.39, 0.29) is 11.3 Å². The van der Waals surface area contributed by atoms with Crippen molar-refractivity contribution in [1.82, 2.24) is 14.7 Å². The Balaban J connectivity index is 2.25. The summed E-state index contributed by atoms with van der Waals surface area (Å²) in [5.41, 5.74) is 0.800. The van der Waals surface area contributed by atoms with Crippen LogP contribution in [0.5, 0.6) is 0 Å². The second kappa shape index (κ2) is 7.30. The van der Waals surface area contributed by atoms with Crippen molar-refractivity contribution >= 4 is 16.0 Å². The van der Waals surface area contributed by atoms with Crippen LogP contribution in [0.1, 0.15) is 11.4 Å². The molecule has 1 N–H and O–H groups in total. The molecule has 0 spiro atoms. The van der Waals surface area contributed by atoms with Gasteiger partial charge < -0.3 is 4.74 Å². The average Bonchev–Trinajstić information content (AvgIpc) is 2.54. The standard InChI is InChI=1S/C15H17N3O4S/c1-11-5-3-6-12(9-11)23(20,21)18-13(15(19)22-2)10-14-16-7-4-8-17-14/h3-9,13,18H,10H2,1-2H3. The summed E-state index contributed by atoms with van der Waals surface area (Å²) < 4.78 is 31.9. The molecule has 1 atom stereocenters. The Labute approximate surface area is 134 Å². The molecule has 0 bridgehead atoms. The van der Waals surface area contributed by atoms with Crippen molar-refractivity contribution in [1.29, 1.82) is 0 Å². The number of ether oxygens (including phenoxy) is 1. The summed E-state index contributed by atoms with van der Waals surface area (Å²) >= 11 is 0. The minimum Gasteiger partial charge on any atom is -0.468 e. The Kier molecular flexibility index (Phi) is 5.41. The van der Waals surface area contributed by atoms with E-state index < -0.39 is 22.0 Å². The SMILES string of the molecule is COC(=O)C(Cc1ncccn1)NS(=O)(=O)c1cccc(C)c1. The van der Waals surface area contributed by atoms with Gasteiger partial charge in [-0.05, 0) is 30.7 Å². The highest BCUT2D eigenvalue weighted by Crippen LogP contribution is 2.12. The normalized spacial score (nSPS) is 12.6. The van der Waals surface area contributed by atoms with Crippen LogP contribution in [0.3, 0.4) is 0 Å². The minimum absolute atomic E-state index is 0.00143. The number of nitrogens with zero attached hydrogens (tertiary/aromatic N) is 2. The van der Waals surface area contributed by atoms with E-state index in [0.29, 0.717) is 5.82 Å². The van der Waals surface area contributed by atoms with Gasteiger partial charge >= 0.3 is 5.97 Å². The summed E-state index contributed by atoms with van der Waals surface area (Å²) in [4.78, 5) is 20.0. The molecule has 122 valence electrons. The highest BCUT2D eigenvalue weighted by atomic mass is 32.2. The third-order valence-corrected chi connectivity index (χ3v) is 4.56. The Morgan fingerprint density at radius 1 is 1.26 bits per heavy atom. The van der Waals surface area contributed by atoms with E-state index in [4.69, 9.17) is 0 Å². The van der Waals surface area contributed by atoms with Gasteiger partial charge in [-0.3, -0.25) is 4.79 Å². The van der Waals surface area contributed by atoms with Gasteiger partial charge in [0.1, 0.15) is 11.9 Å². The molecule has 0 fully saturated rings. The lowest BCUT2D eigenvalue weighted by molar-refractivity contribution is -0.142. The van der Waals surface area contributed by atoms with Crippen LogP contribution in [-0.4, -0.2) is 37.5 Å². The van der Waals surface area contributed by atoms with Crippen molar-refractivity contribution in [3.63, 3.8) is 0 Å². The summed E-state index contributed by atoms with van der Waals surface area (Å²) in [6.07, 6.45) is 3.04. The van der Waals surface area contributed by atoms with Crippen LogP contribution in [0.15, 0.2) is 47.6 Å². The van der Waals surface area contributed by atoms with Gasteiger partial charge in [0, 0.05) is 18.8 Å². The third kappa shape index (κ3) is 4.57. The molecule has 1 unspecified atom stereocenters. The number of aryl methyl sites for hydroxylation is 1. The number of hydrogen-bond acceptors (Lipinski definition) is 6. The van der Waals surface area contributed by atoms with Crippen LogP contribution in [-0.2, 0) is 26.0 Å². The topological polar surface area (TPSA) is 98.2 Å². The molecule has 1 aromatic heterocycles. The molecule has 1 aromatic carbocycles. The number of carbonyl (C=O) groups is 1. The molecule has 23 heavy (non-hydrogen) atoms. The van der Waals surface area contributed by atoms with Crippen molar-refractivity contribution in [2.45, 2.75) is 24.3 Å². The van der Waals surface area contributed by atoms with Crippen molar-refractivity contribution in [3.05, 3.63) is 54.1 Å². The average molecular weight is 335 g/mol. The van der Waals surface area contributed by atoms with Crippen LogP contribution in [0, 0.1) is 6.92 Å². The predicted molar refractivity (Wildman–Crippen MR) is 83.0 cm³/mol. The van der Waals surface area contributed by atoms with E-state index in [9.17, 15) is 13.2 Å². The van der Waals surface area contributed by atoms with Gasteiger partial charge in [-0.15, -0.1) is 0 Å². The summed E-state index contributed by atoms with van der Waals surface area (Å²) in [5.74, 6) is -0.358. The van der Waals surface area contributed by atoms with E-state index in [1.54, 1.807) is 25.1 Å². The summed E-state index contributed by atoms with van der Waals surface area (Å²) in [7, 11) is -2.67. The highest BCUT2D eigenvalue weighted by Gasteiger charge is 2.27. The largest absolute Gasteiger partial charge is 0.468 e. The first kappa shape index (κ1) is 17.0. The number of sulfonamides is 1. The van der Waals surface area contributed by atoms with Gasteiger partial charge in [0.25, 0.3) is 0 Å². The summed E-state index contributed by atoms with van der Waals surface area (Å²) in [6.45, 7) is 1.79. The Bertz CT molecular complexity index is 778. The molecule has 7 nitrogen and oxygen atoms in total. The van der Waals surface area contributed by atoms with Crippen LogP contribution in [0.2, 0.25) is 0 Å². The van der Waals surface area contributed by atoms with Crippen LogP contribution >= 0.6 is 0 Å². The molecule has 0 aliphatic carbocycles. The second-order valence-corrected chi connectivity index (χ2v) is 6.60. The van der Waals surface area contributed by atoms with Crippen molar-refractivity contribution in [3.8, 4) is 0 Å². The van der Waals surface area contributed by atoms with Crippen LogP contribution in [0.4, 0.5) is 0 Å². The predicted octanol–water partition coefficient (Wildman–Crippen LogP) is 0.848. The summed E-state index contributed by atoms with van der Waals surface area (Å²) in [6, 6.07) is 6.94. The van der Waals surface area contributed by atoms with Crippen LogP contribution < -0.4 is 4.72 Å². The van der Waals surface area contributed by atoms with Gasteiger partial charge in [-0.25, -0.2) is 18.4 Å². The first-order valence-electron chi connectivity index (χ1n) is 6.85. The molecule has 0 saturated heterocycles. The van der Waals surface area contributed by atoms with Crippen LogP contribution in [0.25, 0.3) is 0 Å². The van der Waals surface area contributed by atoms with Gasteiger partial charge in [-0.1, -0.05) is 12.1 Å². The third-order valence-electron chi connectivity index (χ3n) is 3.09. The fourth-order valence-electron chi connectivity index (χ4n) is 1.97. The number of benzene rings is 1. The van der Waals surface area contributed by atoms with Gasteiger partial charge in [-0.2, -0.15) is 4.72 Å². The maximum atomic E-state index is 12.4. The van der Waals surface area contributed by atoms with E-state index in [1.807, 2.05) is 0 Å².